The molecule has 3 nitrogen and oxygen atoms in total. The van der Waals surface area contributed by atoms with E-state index in [4.69, 9.17) is 0 Å². The lowest BCUT2D eigenvalue weighted by Crippen LogP contribution is -2.15. The zero-order chi connectivity index (χ0) is 9.84. The first kappa shape index (κ1) is 10.4. The number of thioether (sulfide) groups is 1. The topological polar surface area (TPSA) is 29.9 Å². The van der Waals surface area contributed by atoms with Crippen molar-refractivity contribution in [3.63, 3.8) is 0 Å². The Morgan fingerprint density at radius 1 is 1.69 bits per heavy atom. The molecule has 0 saturated carbocycles. The summed E-state index contributed by atoms with van der Waals surface area (Å²) in [7, 11) is 2.01. The highest BCUT2D eigenvalue weighted by Crippen LogP contribution is 2.09. The first-order chi connectivity index (χ1) is 6.13. The summed E-state index contributed by atoms with van der Waals surface area (Å²) in [6.07, 6.45) is 4.14. The van der Waals surface area contributed by atoms with Gasteiger partial charge < -0.3 is 9.88 Å². The van der Waals surface area contributed by atoms with E-state index in [0.717, 1.165) is 18.2 Å². The largest absolute Gasteiger partial charge is 0.355 e. The zero-order valence-corrected chi connectivity index (χ0v) is 9.48. The van der Waals surface area contributed by atoms with Crippen molar-refractivity contribution in [2.45, 2.75) is 19.1 Å². The number of nitrogens with one attached hydrogen (secondary N) is 1. The Morgan fingerprint density at radius 3 is 2.85 bits per heavy atom. The number of hydrogen-bond acceptors (Lipinski definition) is 3. The van der Waals surface area contributed by atoms with Gasteiger partial charge in [-0.3, -0.25) is 0 Å². The lowest BCUT2D eigenvalue weighted by molar-refractivity contribution is 0.887. The van der Waals surface area contributed by atoms with Gasteiger partial charge in [0.05, 0.1) is 5.69 Å². The molecule has 1 atom stereocenters. The number of rotatable bonds is 4. The quantitative estimate of drug-likeness (QED) is 0.803. The highest BCUT2D eigenvalue weighted by Gasteiger charge is 2.03. The van der Waals surface area contributed by atoms with Crippen LogP contribution in [0.5, 0.6) is 0 Å². The summed E-state index contributed by atoms with van der Waals surface area (Å²) < 4.78 is 2.02. The minimum Gasteiger partial charge on any atom is -0.355 e. The molecule has 0 aromatic carbocycles. The third-order valence-electron chi connectivity index (χ3n) is 1.95. The molecule has 1 N–H and O–H groups in total. The van der Waals surface area contributed by atoms with Crippen LogP contribution in [-0.4, -0.2) is 27.6 Å². The molecule has 0 aliphatic rings. The van der Waals surface area contributed by atoms with Gasteiger partial charge in [-0.25, -0.2) is 4.98 Å². The first-order valence-corrected chi connectivity index (χ1v) is 5.69. The van der Waals surface area contributed by atoms with Crippen molar-refractivity contribution in [2.75, 3.05) is 18.1 Å². The molecule has 1 rings (SSSR count). The highest BCUT2D eigenvalue weighted by atomic mass is 32.2. The molecule has 1 heterocycles. The number of hydrogen-bond donors (Lipinski definition) is 1. The first-order valence-electron chi connectivity index (χ1n) is 4.40. The van der Waals surface area contributed by atoms with E-state index in [1.807, 2.05) is 36.5 Å². The van der Waals surface area contributed by atoms with E-state index >= 15 is 0 Å². The van der Waals surface area contributed by atoms with Gasteiger partial charge in [0.15, 0.2) is 0 Å². The van der Waals surface area contributed by atoms with Crippen molar-refractivity contribution in [2.24, 2.45) is 7.05 Å². The molecule has 0 bridgehead atoms. The van der Waals surface area contributed by atoms with E-state index in [1.165, 1.54) is 0 Å². The second kappa shape index (κ2) is 4.56. The molecule has 1 aromatic rings. The summed E-state index contributed by atoms with van der Waals surface area (Å²) in [5, 5.41) is 3.94. The van der Waals surface area contributed by atoms with Crippen molar-refractivity contribution in [3.8, 4) is 0 Å². The maximum absolute atomic E-state index is 4.36. The summed E-state index contributed by atoms with van der Waals surface area (Å²) in [6.45, 7) is 5.17. The van der Waals surface area contributed by atoms with Crippen molar-refractivity contribution in [3.05, 3.63) is 11.9 Å². The number of aryl methyl sites for hydroxylation is 2. The predicted molar refractivity (Wildman–Crippen MR) is 59.4 cm³/mol. The van der Waals surface area contributed by atoms with Crippen molar-refractivity contribution < 1.29 is 0 Å². The molecule has 74 valence electrons. The molecule has 0 aliphatic heterocycles. The van der Waals surface area contributed by atoms with Crippen LogP contribution in [0.2, 0.25) is 0 Å². The van der Waals surface area contributed by atoms with E-state index in [2.05, 4.69) is 23.5 Å². The third kappa shape index (κ3) is 2.95. The average Bonchev–Trinajstić information content (AvgIpc) is 2.41. The van der Waals surface area contributed by atoms with Crippen LogP contribution in [0.3, 0.4) is 0 Å². The molecule has 0 amide bonds. The lowest BCUT2D eigenvalue weighted by atomic mass is 10.5. The van der Waals surface area contributed by atoms with Gasteiger partial charge >= 0.3 is 0 Å². The molecular weight excluding hydrogens is 182 g/mol. The highest BCUT2D eigenvalue weighted by molar-refractivity contribution is 7.99. The maximum atomic E-state index is 4.36. The summed E-state index contributed by atoms with van der Waals surface area (Å²) in [5.41, 5.74) is 1.06. The third-order valence-corrected chi connectivity index (χ3v) is 2.92. The Hall–Kier alpha value is -0.640. The van der Waals surface area contributed by atoms with Crippen molar-refractivity contribution in [1.29, 1.82) is 0 Å². The van der Waals surface area contributed by atoms with Gasteiger partial charge in [0.2, 0.25) is 5.95 Å². The second-order valence-corrected chi connectivity index (χ2v) is 4.52. The van der Waals surface area contributed by atoms with E-state index in [0.29, 0.717) is 5.25 Å². The number of imidazole rings is 1. The van der Waals surface area contributed by atoms with E-state index in [9.17, 15) is 0 Å². The van der Waals surface area contributed by atoms with Crippen LogP contribution in [0.15, 0.2) is 6.20 Å². The number of aromatic nitrogens is 2. The van der Waals surface area contributed by atoms with E-state index in [-0.39, 0.29) is 0 Å². The number of nitrogens with zero attached hydrogens (tertiary/aromatic N) is 2. The molecular formula is C9H17N3S. The van der Waals surface area contributed by atoms with Crippen LogP contribution in [0.4, 0.5) is 5.95 Å². The molecule has 0 saturated heterocycles. The molecule has 13 heavy (non-hydrogen) atoms. The van der Waals surface area contributed by atoms with Crippen molar-refractivity contribution >= 4 is 17.7 Å². The van der Waals surface area contributed by atoms with Crippen LogP contribution >= 0.6 is 11.8 Å². The summed E-state index contributed by atoms with van der Waals surface area (Å²) in [6, 6.07) is 0. The van der Waals surface area contributed by atoms with Crippen LogP contribution in [0, 0.1) is 6.92 Å². The molecule has 0 fully saturated rings. The average molecular weight is 199 g/mol. The predicted octanol–water partition coefficient (Wildman–Crippen LogP) is 1.89. The normalized spacial score (nSPS) is 12.9. The molecule has 0 radical (unpaired) electrons. The zero-order valence-electron chi connectivity index (χ0n) is 8.66. The SMILES string of the molecule is CSC(C)CNc1nc(C)cn1C. The lowest BCUT2D eigenvalue weighted by Gasteiger charge is -2.09. The summed E-state index contributed by atoms with van der Waals surface area (Å²) >= 11 is 1.86. The van der Waals surface area contributed by atoms with Crippen LogP contribution in [-0.2, 0) is 7.05 Å². The fraction of sp³-hybridized carbons (Fsp3) is 0.667. The maximum Gasteiger partial charge on any atom is 0.202 e. The molecule has 1 aromatic heterocycles. The van der Waals surface area contributed by atoms with Crippen LogP contribution < -0.4 is 5.32 Å². The van der Waals surface area contributed by atoms with Gasteiger partial charge in [-0.05, 0) is 13.2 Å². The fourth-order valence-corrected chi connectivity index (χ4v) is 1.35. The number of anilines is 1. The van der Waals surface area contributed by atoms with Gasteiger partial charge in [-0.15, -0.1) is 0 Å². The van der Waals surface area contributed by atoms with Gasteiger partial charge in [0.25, 0.3) is 0 Å². The van der Waals surface area contributed by atoms with Gasteiger partial charge in [0, 0.05) is 25.0 Å². The van der Waals surface area contributed by atoms with Crippen LogP contribution in [0.1, 0.15) is 12.6 Å². The molecule has 0 aliphatic carbocycles. The van der Waals surface area contributed by atoms with Gasteiger partial charge in [-0.1, -0.05) is 6.92 Å². The minimum absolute atomic E-state index is 0.622. The Labute approximate surface area is 83.9 Å². The van der Waals surface area contributed by atoms with E-state index in [1.54, 1.807) is 0 Å². The van der Waals surface area contributed by atoms with Gasteiger partial charge in [0.1, 0.15) is 0 Å². The van der Waals surface area contributed by atoms with Crippen molar-refractivity contribution in [1.82, 2.24) is 9.55 Å². The van der Waals surface area contributed by atoms with E-state index < -0.39 is 0 Å². The van der Waals surface area contributed by atoms with Crippen LogP contribution in [0.25, 0.3) is 0 Å². The Morgan fingerprint density at radius 2 is 2.38 bits per heavy atom. The smallest absolute Gasteiger partial charge is 0.202 e. The molecule has 4 heteroatoms. The Bertz CT molecular complexity index is 270. The Kier molecular flexibility index (Phi) is 3.66. The fourth-order valence-electron chi connectivity index (χ4n) is 1.10. The Balaban J connectivity index is 2.49. The molecule has 1 unspecified atom stereocenters. The second-order valence-electron chi connectivity index (χ2n) is 3.24. The van der Waals surface area contributed by atoms with Gasteiger partial charge in [-0.2, -0.15) is 11.8 Å². The monoisotopic (exact) mass is 199 g/mol. The summed E-state index contributed by atoms with van der Waals surface area (Å²) in [4.78, 5) is 4.36. The summed E-state index contributed by atoms with van der Waals surface area (Å²) in [5.74, 6) is 0.957. The standard InChI is InChI=1S/C9H17N3S/c1-7-6-12(3)9(11-7)10-5-8(2)13-4/h6,8H,5H2,1-4H3,(H,10,11). The molecule has 0 spiro atoms. The minimum atomic E-state index is 0.622.